The molecule has 0 spiro atoms. The summed E-state index contributed by atoms with van der Waals surface area (Å²) in [5.74, 6) is -0.0694. The highest BCUT2D eigenvalue weighted by atomic mass is 19.3. The molecule has 0 atom stereocenters. The van der Waals surface area contributed by atoms with Crippen LogP contribution >= 0.6 is 0 Å². The molecule has 1 aliphatic rings. The molecular formula is C18H17F2N3O3. The van der Waals surface area contributed by atoms with Crippen molar-refractivity contribution in [1.29, 1.82) is 0 Å². The van der Waals surface area contributed by atoms with Crippen LogP contribution in [0.1, 0.15) is 28.8 Å². The van der Waals surface area contributed by atoms with Crippen molar-refractivity contribution >= 4 is 17.6 Å². The zero-order valence-electron chi connectivity index (χ0n) is 13.7. The Morgan fingerprint density at radius 1 is 1.23 bits per heavy atom. The number of hydrogen-bond donors (Lipinski definition) is 2. The van der Waals surface area contributed by atoms with E-state index in [1.54, 1.807) is 12.1 Å². The van der Waals surface area contributed by atoms with Gasteiger partial charge in [0.25, 0.3) is 5.91 Å². The van der Waals surface area contributed by atoms with Crippen molar-refractivity contribution < 1.29 is 23.1 Å². The van der Waals surface area contributed by atoms with Gasteiger partial charge in [0.05, 0.1) is 0 Å². The second kappa shape index (κ2) is 7.90. The van der Waals surface area contributed by atoms with Gasteiger partial charge >= 0.3 is 6.61 Å². The van der Waals surface area contributed by atoms with Crippen molar-refractivity contribution in [2.45, 2.75) is 26.0 Å². The van der Waals surface area contributed by atoms with Crippen molar-refractivity contribution in [1.82, 2.24) is 10.3 Å². The predicted octanol–water partition coefficient (Wildman–Crippen LogP) is 2.96. The Labute approximate surface area is 148 Å². The monoisotopic (exact) mass is 361 g/mol. The third kappa shape index (κ3) is 4.98. The summed E-state index contributed by atoms with van der Waals surface area (Å²) >= 11 is 0. The SMILES string of the molecule is O=C(NCc1cccc(OC(F)F)c1)c1ccnc(NC(=O)C2CC2)c1. The number of anilines is 1. The number of alkyl halides is 2. The van der Waals surface area contributed by atoms with E-state index in [0.29, 0.717) is 16.9 Å². The number of ether oxygens (including phenoxy) is 1. The number of amides is 2. The zero-order chi connectivity index (χ0) is 18.5. The van der Waals surface area contributed by atoms with Gasteiger partial charge in [-0.1, -0.05) is 12.1 Å². The molecule has 1 aliphatic carbocycles. The predicted molar refractivity (Wildman–Crippen MR) is 89.8 cm³/mol. The van der Waals surface area contributed by atoms with Crippen LogP contribution in [0, 0.1) is 5.92 Å². The molecule has 0 aliphatic heterocycles. The van der Waals surface area contributed by atoms with Crippen LogP contribution in [0.3, 0.4) is 0 Å². The number of benzene rings is 1. The average Bonchev–Trinajstić information content (AvgIpc) is 3.45. The molecule has 2 aromatic rings. The summed E-state index contributed by atoms with van der Waals surface area (Å²) in [6.07, 6.45) is 3.19. The maximum absolute atomic E-state index is 12.3. The van der Waals surface area contributed by atoms with Gasteiger partial charge in [-0.15, -0.1) is 0 Å². The Morgan fingerprint density at radius 2 is 2.04 bits per heavy atom. The minimum absolute atomic E-state index is 0.0285. The Hall–Kier alpha value is -3.03. The third-order valence-electron chi connectivity index (χ3n) is 3.80. The van der Waals surface area contributed by atoms with Crippen LogP contribution < -0.4 is 15.4 Å². The highest BCUT2D eigenvalue weighted by molar-refractivity contribution is 5.97. The first-order valence-corrected chi connectivity index (χ1v) is 8.10. The lowest BCUT2D eigenvalue weighted by atomic mass is 10.2. The van der Waals surface area contributed by atoms with Crippen LogP contribution in [0.4, 0.5) is 14.6 Å². The number of carbonyl (C=O) groups excluding carboxylic acids is 2. The van der Waals surface area contributed by atoms with E-state index in [9.17, 15) is 18.4 Å². The second-order valence-electron chi connectivity index (χ2n) is 5.90. The fourth-order valence-corrected chi connectivity index (χ4v) is 2.33. The van der Waals surface area contributed by atoms with Crippen molar-refractivity contribution in [2.75, 3.05) is 5.32 Å². The maximum Gasteiger partial charge on any atom is 0.387 e. The van der Waals surface area contributed by atoms with Gasteiger partial charge in [0.15, 0.2) is 0 Å². The molecule has 1 aromatic carbocycles. The first kappa shape index (κ1) is 17.8. The van der Waals surface area contributed by atoms with Crippen LogP contribution in [0.15, 0.2) is 42.6 Å². The molecule has 26 heavy (non-hydrogen) atoms. The molecular weight excluding hydrogens is 344 g/mol. The van der Waals surface area contributed by atoms with Crippen LogP contribution in [0.2, 0.25) is 0 Å². The fourth-order valence-electron chi connectivity index (χ4n) is 2.33. The van der Waals surface area contributed by atoms with Gasteiger partial charge in [-0.05, 0) is 42.7 Å². The van der Waals surface area contributed by atoms with Crippen LogP contribution in [0.25, 0.3) is 0 Å². The molecule has 2 N–H and O–H groups in total. The lowest BCUT2D eigenvalue weighted by Gasteiger charge is -2.09. The summed E-state index contributed by atoms with van der Waals surface area (Å²) in [5.41, 5.74) is 0.957. The Balaban J connectivity index is 1.58. The second-order valence-corrected chi connectivity index (χ2v) is 5.90. The number of nitrogens with one attached hydrogen (secondary N) is 2. The summed E-state index contributed by atoms with van der Waals surface area (Å²) in [4.78, 5) is 28.0. The Morgan fingerprint density at radius 3 is 2.77 bits per heavy atom. The molecule has 0 saturated heterocycles. The lowest BCUT2D eigenvalue weighted by molar-refractivity contribution is -0.117. The van der Waals surface area contributed by atoms with Crippen molar-refractivity contribution in [2.24, 2.45) is 5.92 Å². The largest absolute Gasteiger partial charge is 0.435 e. The molecule has 8 heteroatoms. The number of halogens is 2. The van der Waals surface area contributed by atoms with E-state index >= 15 is 0 Å². The Kier molecular flexibility index (Phi) is 5.40. The van der Waals surface area contributed by atoms with Gasteiger partial charge in [0.2, 0.25) is 5.91 Å². The molecule has 1 aromatic heterocycles. The molecule has 1 heterocycles. The molecule has 0 bridgehead atoms. The number of carbonyl (C=O) groups is 2. The van der Waals surface area contributed by atoms with E-state index < -0.39 is 6.61 Å². The minimum Gasteiger partial charge on any atom is -0.435 e. The molecule has 136 valence electrons. The summed E-state index contributed by atoms with van der Waals surface area (Å²) < 4.78 is 28.8. The van der Waals surface area contributed by atoms with E-state index in [1.165, 1.54) is 30.5 Å². The van der Waals surface area contributed by atoms with Gasteiger partial charge in [-0.2, -0.15) is 8.78 Å². The zero-order valence-corrected chi connectivity index (χ0v) is 13.7. The van der Waals surface area contributed by atoms with E-state index in [1.807, 2.05) is 0 Å². The summed E-state index contributed by atoms with van der Waals surface area (Å²) in [6, 6.07) is 9.11. The number of rotatable bonds is 7. The molecule has 1 fully saturated rings. The lowest BCUT2D eigenvalue weighted by Crippen LogP contribution is -2.23. The highest BCUT2D eigenvalue weighted by Gasteiger charge is 2.29. The van der Waals surface area contributed by atoms with Crippen LogP contribution in [-0.4, -0.2) is 23.4 Å². The van der Waals surface area contributed by atoms with Gasteiger partial charge < -0.3 is 15.4 Å². The van der Waals surface area contributed by atoms with Gasteiger partial charge in [-0.25, -0.2) is 4.98 Å². The van der Waals surface area contributed by atoms with Gasteiger partial charge in [0.1, 0.15) is 11.6 Å². The van der Waals surface area contributed by atoms with Crippen molar-refractivity contribution in [3.63, 3.8) is 0 Å². The number of pyridine rings is 1. The molecule has 1 saturated carbocycles. The Bertz CT molecular complexity index is 810. The number of hydrogen-bond acceptors (Lipinski definition) is 4. The topological polar surface area (TPSA) is 80.3 Å². The molecule has 0 unspecified atom stereocenters. The van der Waals surface area contributed by atoms with Crippen LogP contribution in [-0.2, 0) is 11.3 Å². The first-order chi connectivity index (χ1) is 12.5. The number of aromatic nitrogens is 1. The van der Waals surface area contributed by atoms with Crippen LogP contribution in [0.5, 0.6) is 5.75 Å². The quantitative estimate of drug-likeness (QED) is 0.795. The van der Waals surface area contributed by atoms with Crippen molar-refractivity contribution in [3.05, 3.63) is 53.7 Å². The van der Waals surface area contributed by atoms with E-state index in [-0.39, 0.29) is 30.0 Å². The molecule has 2 amide bonds. The molecule has 6 nitrogen and oxygen atoms in total. The standard InChI is InChI=1S/C18H17F2N3O3/c19-18(20)26-14-3-1-2-11(8-14)10-22-16(24)13-6-7-21-15(9-13)23-17(25)12-4-5-12/h1-3,6-9,12,18H,4-5,10H2,(H,22,24)(H,21,23,25). The fraction of sp³-hybridized carbons (Fsp3) is 0.278. The smallest absolute Gasteiger partial charge is 0.387 e. The summed E-state index contributed by atoms with van der Waals surface area (Å²) in [6.45, 7) is -2.76. The average molecular weight is 361 g/mol. The number of nitrogens with zero attached hydrogens (tertiary/aromatic N) is 1. The third-order valence-corrected chi connectivity index (χ3v) is 3.80. The van der Waals surface area contributed by atoms with Gasteiger partial charge in [-0.3, -0.25) is 9.59 Å². The maximum atomic E-state index is 12.3. The van der Waals surface area contributed by atoms with E-state index in [4.69, 9.17) is 0 Å². The molecule has 0 radical (unpaired) electrons. The van der Waals surface area contributed by atoms with E-state index in [2.05, 4.69) is 20.4 Å². The van der Waals surface area contributed by atoms with E-state index in [0.717, 1.165) is 12.8 Å². The molecule has 3 rings (SSSR count). The van der Waals surface area contributed by atoms with Crippen molar-refractivity contribution in [3.8, 4) is 5.75 Å². The highest BCUT2D eigenvalue weighted by Crippen LogP contribution is 2.29. The minimum atomic E-state index is -2.90. The van der Waals surface area contributed by atoms with Gasteiger partial charge in [0, 0.05) is 24.2 Å². The summed E-state index contributed by atoms with van der Waals surface area (Å²) in [5, 5.41) is 5.37. The summed E-state index contributed by atoms with van der Waals surface area (Å²) in [7, 11) is 0. The normalized spacial score (nSPS) is 13.3. The first-order valence-electron chi connectivity index (χ1n) is 8.10.